The summed E-state index contributed by atoms with van der Waals surface area (Å²) in [5.41, 5.74) is 0. The molecule has 0 amide bonds. The molecular weight excluding hydrogens is 316 g/mol. The summed E-state index contributed by atoms with van der Waals surface area (Å²) in [6, 6.07) is 0. The van der Waals surface area contributed by atoms with Gasteiger partial charge in [0.2, 0.25) is 0 Å². The Balaban J connectivity index is -0.000000000238. The Morgan fingerprint density at radius 1 is 0.444 bits per heavy atom. The average molecular weight is 330 g/mol. The van der Waals surface area contributed by atoms with E-state index in [-0.39, 0.29) is 38.3 Å². The molecule has 0 radical (unpaired) electrons. The van der Waals surface area contributed by atoms with Crippen LogP contribution in [-0.4, -0.2) is 38.3 Å². The maximum absolute atomic E-state index is 4.53. The summed E-state index contributed by atoms with van der Waals surface area (Å²) >= 11 is 2.03. The average Bonchev–Trinajstić information content (AvgIpc) is 1.00. The second-order valence-electron chi connectivity index (χ2n) is 0. The van der Waals surface area contributed by atoms with Gasteiger partial charge in [0.1, 0.15) is 0 Å². The van der Waals surface area contributed by atoms with Gasteiger partial charge in [0.05, 0.1) is 0 Å². The predicted octanol–water partition coefficient (Wildman–Crippen LogP) is -5.08. The van der Waals surface area contributed by atoms with Gasteiger partial charge < -0.3 is 38.3 Å². The standard InChI is InChI=1S/ClH.7H2O.Tm/h1H;7*1H2;/q;;;;;;;;+1/p-1. The molecule has 0 bridgehead atoms. The fourth-order valence-electron chi connectivity index (χ4n) is 0. The van der Waals surface area contributed by atoms with Crippen molar-refractivity contribution >= 4 is 6.55 Å². The summed E-state index contributed by atoms with van der Waals surface area (Å²) in [5, 5.41) is 0. The third-order valence-electron chi connectivity index (χ3n) is 0. The second-order valence-corrected chi connectivity index (χ2v) is 0. The first-order chi connectivity index (χ1) is 1.00. The first kappa shape index (κ1) is 174. The van der Waals surface area contributed by atoms with Gasteiger partial charge in [-0.2, -0.15) is 0 Å². The van der Waals surface area contributed by atoms with Crippen molar-refractivity contribution < 1.29 is 71.8 Å². The van der Waals surface area contributed by atoms with Gasteiger partial charge in [-0.1, -0.05) is 0 Å². The van der Waals surface area contributed by atoms with Gasteiger partial charge in [0, 0.05) is 0 Å². The van der Waals surface area contributed by atoms with E-state index in [0.717, 1.165) is 0 Å². The van der Waals surface area contributed by atoms with E-state index in [1.165, 1.54) is 0 Å². The summed E-state index contributed by atoms with van der Waals surface area (Å²) in [6.45, 7) is 4.53. The van der Waals surface area contributed by atoms with Crippen LogP contribution in [0.25, 0.3) is 0 Å². The maximum atomic E-state index is 4.53. The molecule has 9 heteroatoms. The van der Waals surface area contributed by atoms with Crippen molar-refractivity contribution in [1.29, 1.82) is 0 Å². The quantitative estimate of drug-likeness (QED) is 0.406. The first-order valence-electron chi connectivity index (χ1n) is 0.105. The molecule has 0 heterocycles. The van der Waals surface area contributed by atoms with Crippen LogP contribution in [0.2, 0.25) is 0 Å². The molecule has 0 rings (SSSR count). The van der Waals surface area contributed by atoms with Crippen molar-refractivity contribution in [1.82, 2.24) is 0 Å². The molecule has 0 aliphatic rings. The Morgan fingerprint density at radius 2 is 0.444 bits per heavy atom. The van der Waals surface area contributed by atoms with Gasteiger partial charge in [-0.15, -0.1) is 0 Å². The van der Waals surface area contributed by atoms with Crippen LogP contribution in [0.3, 0.4) is 0 Å². The van der Waals surface area contributed by atoms with E-state index >= 15 is 0 Å². The zero-order valence-corrected chi connectivity index (χ0v) is 6.69. The first-order valence-corrected chi connectivity index (χ1v) is 2.33. The third-order valence-corrected chi connectivity index (χ3v) is 0. The number of hydrogen-bond acceptors (Lipinski definition) is 0. The molecule has 0 aromatic rings. The fourth-order valence-corrected chi connectivity index (χ4v) is 0. The van der Waals surface area contributed by atoms with Gasteiger partial charge in [-0.05, 0) is 0 Å². The number of halogens is 1. The van der Waals surface area contributed by atoms with Crippen LogP contribution >= 0.6 is 6.55 Å². The third kappa shape index (κ3) is 314. The molecule has 0 unspecified atom stereocenters. The topological polar surface area (TPSA) is 220 Å². The number of hydrogen-bond donors (Lipinski definition) is 0. The van der Waals surface area contributed by atoms with Crippen LogP contribution < -0.4 is 0 Å². The summed E-state index contributed by atoms with van der Waals surface area (Å²) in [4.78, 5) is 0. The van der Waals surface area contributed by atoms with Crippen LogP contribution in [-0.2, 0) is 0 Å². The molecule has 0 aromatic heterocycles. The molecule has 0 saturated carbocycles. The normalized spacial score (nSPS) is 0.778. The van der Waals surface area contributed by atoms with Crippen molar-refractivity contribution in [3.05, 3.63) is 0 Å². The molecular formula is H14ClO7Tm. The Morgan fingerprint density at radius 3 is 0.444 bits per heavy atom. The minimum atomic E-state index is 0. The fraction of sp³-hybridized carbons (Fsp3) is 0. The molecule has 0 aliphatic heterocycles. The Hall–Kier alpha value is 1.24. The SMILES string of the molecule is O.O.O.O.O.O.O.[Cl][Tm]. The van der Waals surface area contributed by atoms with Gasteiger partial charge in [0.25, 0.3) is 0 Å². The monoisotopic (exact) mass is 330 g/mol. The van der Waals surface area contributed by atoms with Crippen molar-refractivity contribution in [3.8, 4) is 0 Å². The van der Waals surface area contributed by atoms with Crippen molar-refractivity contribution in [2.45, 2.75) is 0 Å². The molecule has 0 saturated heterocycles. The molecule has 0 fully saturated rings. The molecule has 7 nitrogen and oxygen atoms in total. The van der Waals surface area contributed by atoms with Gasteiger partial charge >= 0.3 is 40.0 Å². The summed E-state index contributed by atoms with van der Waals surface area (Å²) < 4.78 is 0. The predicted molar refractivity (Wildman–Crippen MR) is 31.1 cm³/mol. The van der Waals surface area contributed by atoms with Gasteiger partial charge in [0.15, 0.2) is 0 Å². The van der Waals surface area contributed by atoms with Gasteiger partial charge in [-0.25, -0.2) is 0 Å². The van der Waals surface area contributed by atoms with Crippen LogP contribution in [0, 0.1) is 33.5 Å². The molecule has 76 valence electrons. The van der Waals surface area contributed by atoms with Crippen LogP contribution in [0.5, 0.6) is 0 Å². The van der Waals surface area contributed by atoms with E-state index in [2.05, 4.69) is 6.55 Å². The van der Waals surface area contributed by atoms with Crippen molar-refractivity contribution in [2.24, 2.45) is 0 Å². The van der Waals surface area contributed by atoms with Gasteiger partial charge in [-0.3, -0.25) is 0 Å². The van der Waals surface area contributed by atoms with E-state index in [1.807, 2.05) is 33.5 Å². The zero-order valence-electron chi connectivity index (χ0n) is 4.16. The number of rotatable bonds is 0. The van der Waals surface area contributed by atoms with E-state index in [1.54, 1.807) is 0 Å². The van der Waals surface area contributed by atoms with Crippen LogP contribution in [0.15, 0.2) is 0 Å². The summed E-state index contributed by atoms with van der Waals surface area (Å²) in [5.74, 6) is 0. The molecule has 0 aromatic carbocycles. The Labute approximate surface area is 77.9 Å². The summed E-state index contributed by atoms with van der Waals surface area (Å²) in [7, 11) is 0. The minimum absolute atomic E-state index is 0. The van der Waals surface area contributed by atoms with Crippen molar-refractivity contribution in [3.63, 3.8) is 0 Å². The molecule has 14 N–H and O–H groups in total. The molecule has 0 aliphatic carbocycles. The Kier molecular flexibility index (Phi) is 7840. The Bertz CT molecular complexity index is 8.88. The zero-order chi connectivity index (χ0) is 2.00. The van der Waals surface area contributed by atoms with E-state index < -0.39 is 0 Å². The van der Waals surface area contributed by atoms with E-state index in [0.29, 0.717) is 0 Å². The van der Waals surface area contributed by atoms with E-state index in [4.69, 9.17) is 0 Å². The van der Waals surface area contributed by atoms with Crippen molar-refractivity contribution in [2.75, 3.05) is 0 Å². The van der Waals surface area contributed by atoms with Crippen LogP contribution in [0.4, 0.5) is 0 Å². The molecule has 9 heavy (non-hydrogen) atoms. The second kappa shape index (κ2) is 406. The van der Waals surface area contributed by atoms with E-state index in [9.17, 15) is 0 Å². The molecule has 0 spiro atoms. The van der Waals surface area contributed by atoms with Crippen LogP contribution in [0.1, 0.15) is 0 Å². The summed E-state index contributed by atoms with van der Waals surface area (Å²) in [6.07, 6.45) is 0. The molecule has 0 atom stereocenters.